The molecule has 144 valence electrons. The van der Waals surface area contributed by atoms with Crippen LogP contribution in [0.1, 0.15) is 31.4 Å². The van der Waals surface area contributed by atoms with Gasteiger partial charge in [-0.25, -0.2) is 9.97 Å². The van der Waals surface area contributed by atoms with Gasteiger partial charge < -0.3 is 19.7 Å². The second-order valence-corrected chi connectivity index (χ2v) is 6.47. The van der Waals surface area contributed by atoms with E-state index in [9.17, 15) is 4.79 Å². The molecule has 2 heterocycles. The van der Waals surface area contributed by atoms with E-state index in [0.717, 1.165) is 36.5 Å². The van der Waals surface area contributed by atoms with Crippen LogP contribution in [0.15, 0.2) is 36.5 Å². The largest absolute Gasteiger partial charge is 0.497 e. The number of hydrogen-bond donors (Lipinski definition) is 1. The van der Waals surface area contributed by atoms with Crippen LogP contribution in [0, 0.1) is 0 Å². The molecule has 7 nitrogen and oxygen atoms in total. The van der Waals surface area contributed by atoms with E-state index < -0.39 is 0 Å². The predicted octanol–water partition coefficient (Wildman–Crippen LogP) is 2.97. The van der Waals surface area contributed by atoms with Crippen molar-refractivity contribution in [1.82, 2.24) is 14.9 Å². The van der Waals surface area contributed by atoms with Crippen LogP contribution in [0.3, 0.4) is 0 Å². The van der Waals surface area contributed by atoms with Crippen LogP contribution in [0.2, 0.25) is 0 Å². The molecule has 1 aromatic carbocycles. The van der Waals surface area contributed by atoms with Crippen LogP contribution >= 0.6 is 0 Å². The van der Waals surface area contributed by atoms with Crippen molar-refractivity contribution in [3.63, 3.8) is 0 Å². The molecule has 0 aliphatic carbocycles. The minimum Gasteiger partial charge on any atom is -0.497 e. The number of hydrogen-bond acceptors (Lipinski definition) is 6. The number of methoxy groups -OCH3 is 1. The van der Waals surface area contributed by atoms with Crippen molar-refractivity contribution >= 4 is 17.5 Å². The Morgan fingerprint density at radius 2 is 2.11 bits per heavy atom. The van der Waals surface area contributed by atoms with Gasteiger partial charge in [-0.15, -0.1) is 0 Å². The molecule has 1 aliphatic heterocycles. The quantitative estimate of drug-likeness (QED) is 0.807. The average molecular weight is 370 g/mol. The van der Waals surface area contributed by atoms with E-state index >= 15 is 0 Å². The summed E-state index contributed by atoms with van der Waals surface area (Å²) in [5.74, 6) is 1.61. The Bertz CT molecular complexity index is 751. The van der Waals surface area contributed by atoms with E-state index in [-0.39, 0.29) is 18.4 Å². The molecule has 2 aromatic rings. The first kappa shape index (κ1) is 19.1. The average Bonchev–Trinajstić information content (AvgIpc) is 2.73. The molecule has 7 heteroatoms. The first-order valence-corrected chi connectivity index (χ1v) is 9.29. The molecule has 1 amide bonds. The van der Waals surface area contributed by atoms with E-state index in [1.54, 1.807) is 13.3 Å². The van der Waals surface area contributed by atoms with Gasteiger partial charge >= 0.3 is 0 Å². The summed E-state index contributed by atoms with van der Waals surface area (Å²) in [5, 5.41) is 3.22. The number of amides is 1. The monoisotopic (exact) mass is 370 g/mol. The summed E-state index contributed by atoms with van der Waals surface area (Å²) in [4.78, 5) is 23.1. The lowest BCUT2D eigenvalue weighted by Gasteiger charge is -2.32. The molecule has 1 aliphatic rings. The Morgan fingerprint density at radius 3 is 2.85 bits per heavy atom. The van der Waals surface area contributed by atoms with Gasteiger partial charge in [0.25, 0.3) is 0 Å². The highest BCUT2D eigenvalue weighted by atomic mass is 16.5. The molecular formula is C20H26N4O3. The number of aromatic nitrogens is 2. The van der Waals surface area contributed by atoms with Gasteiger partial charge in [0.15, 0.2) is 0 Å². The second kappa shape index (κ2) is 9.32. The lowest BCUT2D eigenvalue weighted by molar-refractivity contribution is -0.137. The van der Waals surface area contributed by atoms with Crippen molar-refractivity contribution in [2.24, 2.45) is 0 Å². The number of carbonyl (C=O) groups is 1. The Morgan fingerprint density at radius 1 is 1.30 bits per heavy atom. The van der Waals surface area contributed by atoms with Crippen molar-refractivity contribution in [3.8, 4) is 5.75 Å². The molecule has 1 N–H and O–H groups in total. The minimum absolute atomic E-state index is 0.0483. The van der Waals surface area contributed by atoms with Gasteiger partial charge in [-0.1, -0.05) is 0 Å². The van der Waals surface area contributed by atoms with Crippen LogP contribution in [-0.4, -0.2) is 54.2 Å². The maximum absolute atomic E-state index is 12.2. The highest BCUT2D eigenvalue weighted by molar-refractivity contribution is 5.77. The Balaban J connectivity index is 1.66. The number of piperidine rings is 1. The number of nitrogens with one attached hydrogen (secondary N) is 1. The maximum Gasteiger partial charge on any atom is 0.248 e. The highest BCUT2D eigenvalue weighted by Crippen LogP contribution is 2.26. The molecule has 0 saturated carbocycles. The lowest BCUT2D eigenvalue weighted by atomic mass is 9.94. The van der Waals surface area contributed by atoms with E-state index in [0.29, 0.717) is 19.1 Å². The van der Waals surface area contributed by atoms with Gasteiger partial charge in [0.2, 0.25) is 11.9 Å². The third-order valence-electron chi connectivity index (χ3n) is 4.65. The minimum atomic E-state index is 0.0483. The fourth-order valence-electron chi connectivity index (χ4n) is 3.19. The fourth-order valence-corrected chi connectivity index (χ4v) is 3.19. The molecule has 1 fully saturated rings. The number of ether oxygens (including phenoxy) is 2. The summed E-state index contributed by atoms with van der Waals surface area (Å²) in [6, 6.07) is 9.54. The predicted molar refractivity (Wildman–Crippen MR) is 103 cm³/mol. The summed E-state index contributed by atoms with van der Waals surface area (Å²) < 4.78 is 10.4. The first-order chi connectivity index (χ1) is 13.2. The van der Waals surface area contributed by atoms with E-state index in [1.807, 2.05) is 42.2 Å². The zero-order valence-electron chi connectivity index (χ0n) is 15.9. The summed E-state index contributed by atoms with van der Waals surface area (Å²) in [7, 11) is 1.64. The molecule has 0 spiro atoms. The molecule has 1 unspecified atom stereocenters. The third-order valence-corrected chi connectivity index (χ3v) is 4.65. The summed E-state index contributed by atoms with van der Waals surface area (Å²) in [5.41, 5.74) is 1.85. The third kappa shape index (κ3) is 5.17. The van der Waals surface area contributed by atoms with Crippen molar-refractivity contribution in [1.29, 1.82) is 0 Å². The second-order valence-electron chi connectivity index (χ2n) is 6.47. The molecular weight excluding hydrogens is 344 g/mol. The van der Waals surface area contributed by atoms with Crippen LogP contribution in [0.25, 0.3) is 0 Å². The topological polar surface area (TPSA) is 76.6 Å². The van der Waals surface area contributed by atoms with Crippen molar-refractivity contribution in [2.45, 2.75) is 25.7 Å². The fraction of sp³-hybridized carbons (Fsp3) is 0.450. The first-order valence-electron chi connectivity index (χ1n) is 9.29. The van der Waals surface area contributed by atoms with Crippen LogP contribution in [0.5, 0.6) is 5.75 Å². The smallest absolute Gasteiger partial charge is 0.248 e. The van der Waals surface area contributed by atoms with Gasteiger partial charge in [0, 0.05) is 37.5 Å². The van der Waals surface area contributed by atoms with Crippen LogP contribution in [0.4, 0.5) is 11.6 Å². The van der Waals surface area contributed by atoms with Crippen molar-refractivity contribution in [2.75, 3.05) is 38.7 Å². The number of carbonyl (C=O) groups excluding carboxylic acids is 1. The van der Waals surface area contributed by atoms with Gasteiger partial charge in [-0.3, -0.25) is 4.79 Å². The Hall–Kier alpha value is -2.67. The molecule has 1 saturated heterocycles. The molecule has 3 rings (SSSR count). The SMILES string of the molecule is CCOCC(=O)N1CCCC(c2ccnc(Nc3ccc(OC)cc3)n2)C1. The number of rotatable bonds is 7. The molecule has 27 heavy (non-hydrogen) atoms. The standard InChI is InChI=1S/C20H26N4O3/c1-3-27-14-19(25)24-12-4-5-15(13-24)18-10-11-21-20(23-18)22-16-6-8-17(26-2)9-7-16/h6-11,15H,3-5,12-14H2,1-2H3,(H,21,22,23). The normalized spacial score (nSPS) is 16.8. The number of benzene rings is 1. The summed E-state index contributed by atoms with van der Waals surface area (Å²) in [6.07, 6.45) is 3.74. The van der Waals surface area contributed by atoms with E-state index in [1.165, 1.54) is 0 Å². The van der Waals surface area contributed by atoms with Crippen molar-refractivity contribution in [3.05, 3.63) is 42.2 Å². The van der Waals surface area contributed by atoms with Gasteiger partial charge in [0.1, 0.15) is 12.4 Å². The van der Waals surface area contributed by atoms with Crippen LogP contribution < -0.4 is 10.1 Å². The molecule has 0 radical (unpaired) electrons. The van der Waals surface area contributed by atoms with Gasteiger partial charge in [0.05, 0.1) is 12.8 Å². The van der Waals surface area contributed by atoms with E-state index in [2.05, 4.69) is 15.3 Å². The number of nitrogens with zero attached hydrogens (tertiary/aromatic N) is 3. The Labute approximate surface area is 159 Å². The zero-order valence-corrected chi connectivity index (χ0v) is 15.9. The van der Waals surface area contributed by atoms with Gasteiger partial charge in [-0.2, -0.15) is 0 Å². The lowest BCUT2D eigenvalue weighted by Crippen LogP contribution is -2.41. The molecule has 0 bridgehead atoms. The zero-order chi connectivity index (χ0) is 19.1. The molecule has 1 atom stereocenters. The van der Waals surface area contributed by atoms with E-state index in [4.69, 9.17) is 9.47 Å². The maximum atomic E-state index is 12.2. The summed E-state index contributed by atoms with van der Waals surface area (Å²) >= 11 is 0. The van der Waals surface area contributed by atoms with Crippen LogP contribution in [-0.2, 0) is 9.53 Å². The van der Waals surface area contributed by atoms with Gasteiger partial charge in [-0.05, 0) is 50.1 Å². The highest BCUT2D eigenvalue weighted by Gasteiger charge is 2.25. The number of anilines is 2. The Kier molecular flexibility index (Phi) is 6.59. The van der Waals surface area contributed by atoms with Crippen molar-refractivity contribution < 1.29 is 14.3 Å². The summed E-state index contributed by atoms with van der Waals surface area (Å²) in [6.45, 7) is 4.05. The number of likely N-dealkylation sites (tertiary alicyclic amines) is 1. The molecule has 1 aromatic heterocycles.